The first-order valence-corrected chi connectivity index (χ1v) is 26.3. The van der Waals surface area contributed by atoms with E-state index < -0.39 is 11.2 Å². The Labute approximate surface area is 476 Å². The highest BCUT2D eigenvalue weighted by Gasteiger charge is 2.26. The van der Waals surface area contributed by atoms with Gasteiger partial charge in [0.05, 0.1) is 86.7 Å². The van der Waals surface area contributed by atoms with Gasteiger partial charge < -0.3 is 38.2 Å². The van der Waals surface area contributed by atoms with Crippen LogP contribution in [-0.4, -0.2) is 126 Å². The van der Waals surface area contributed by atoms with Crippen LogP contribution in [0.1, 0.15) is 98.9 Å². The van der Waals surface area contributed by atoms with Gasteiger partial charge in [0.1, 0.15) is 34.2 Å². The number of hydrogen-bond donors (Lipinski definition) is 0. The van der Waals surface area contributed by atoms with Crippen LogP contribution >= 0.6 is 0 Å². The topological polar surface area (TPSA) is 183 Å². The van der Waals surface area contributed by atoms with Gasteiger partial charge in [-0.05, 0) is 151 Å². The molecule has 0 aliphatic heterocycles. The van der Waals surface area contributed by atoms with Crippen molar-refractivity contribution >= 4 is 45.4 Å². The molecule has 81 heavy (non-hydrogen) atoms. The zero-order valence-electron chi connectivity index (χ0n) is 48.9. The average molecular weight is 1100 g/mol. The van der Waals surface area contributed by atoms with Crippen LogP contribution in [0.3, 0.4) is 0 Å². The van der Waals surface area contributed by atoms with Crippen LogP contribution in [0.15, 0.2) is 122 Å². The standard InChI is InChI=1S/2C31H37N5O4.CH4/c2*1-20(2)36(30(37)40-31(3,4)5)12-11-26(22-13-24(38-7)16-25(14-22)39-8)21-9-10-27-28(15-21)34-29(18-32-27)23-17-33-35(6)19-23;/h2*9-11,13-20H,12H2,1-8H3;1H4/b26-11+;26-11-;. The summed E-state index contributed by atoms with van der Waals surface area (Å²) < 4.78 is 37.1. The molecular formula is C63H78N10O8. The molecule has 0 fully saturated rings. The van der Waals surface area contributed by atoms with E-state index in [2.05, 4.69) is 20.2 Å². The number of nitrogens with zero attached hydrogens (tertiary/aromatic N) is 10. The minimum absolute atomic E-state index is 0. The third kappa shape index (κ3) is 16.2. The summed E-state index contributed by atoms with van der Waals surface area (Å²) in [6.07, 6.45) is 14.2. The highest BCUT2D eigenvalue weighted by molar-refractivity contribution is 5.89. The predicted octanol–water partition coefficient (Wildman–Crippen LogP) is 12.9. The molecule has 0 saturated carbocycles. The molecule has 4 aromatic heterocycles. The second-order valence-electron chi connectivity index (χ2n) is 21.6. The van der Waals surface area contributed by atoms with Gasteiger partial charge >= 0.3 is 12.2 Å². The quantitative estimate of drug-likeness (QED) is 0.0890. The molecule has 0 radical (unpaired) electrons. The number of rotatable bonds is 16. The largest absolute Gasteiger partial charge is 0.497 e. The molecule has 8 rings (SSSR count). The lowest BCUT2D eigenvalue weighted by Gasteiger charge is -2.29. The van der Waals surface area contributed by atoms with E-state index in [9.17, 15) is 9.59 Å². The molecule has 0 saturated heterocycles. The molecule has 8 aromatic rings. The molecule has 18 heteroatoms. The Morgan fingerprint density at radius 1 is 0.506 bits per heavy atom. The zero-order chi connectivity index (χ0) is 58.1. The Morgan fingerprint density at radius 2 is 0.852 bits per heavy atom. The van der Waals surface area contributed by atoms with E-state index in [1.807, 2.05) is 181 Å². The minimum atomic E-state index is -0.597. The van der Waals surface area contributed by atoms with E-state index in [1.165, 1.54) is 0 Å². The Balaban J connectivity index is 0.000000258. The second-order valence-corrected chi connectivity index (χ2v) is 21.6. The van der Waals surface area contributed by atoms with Crippen LogP contribution < -0.4 is 18.9 Å². The third-order valence-corrected chi connectivity index (χ3v) is 12.5. The maximum Gasteiger partial charge on any atom is 0.410 e. The summed E-state index contributed by atoms with van der Waals surface area (Å²) in [7, 11) is 10.2. The fourth-order valence-electron chi connectivity index (χ4n) is 8.49. The molecule has 0 N–H and O–H groups in total. The molecule has 0 aliphatic carbocycles. The van der Waals surface area contributed by atoms with Crippen LogP contribution in [0.2, 0.25) is 0 Å². The highest BCUT2D eigenvalue weighted by atomic mass is 16.6. The van der Waals surface area contributed by atoms with Gasteiger partial charge in [0.25, 0.3) is 0 Å². The maximum absolute atomic E-state index is 13.0. The third-order valence-electron chi connectivity index (χ3n) is 12.5. The SMILES string of the molecule is C.COc1cc(OC)cc(/C(=C/CN(C(=O)OC(C)(C)C)C(C)C)c2ccc3ncc(-c4cnn(C)c4)nc3c2)c1.COc1cc(OC)cc(/C(=C\CN(C(=O)OC(C)(C)C)C(C)C)c2ccc3ncc(-c4cnn(C)c4)nc3c2)c1. The van der Waals surface area contributed by atoms with Gasteiger partial charge in [-0.1, -0.05) is 31.7 Å². The molecular weight excluding hydrogens is 1020 g/mol. The van der Waals surface area contributed by atoms with Crippen molar-refractivity contribution in [2.45, 2.75) is 99.9 Å². The molecule has 18 nitrogen and oxygen atoms in total. The van der Waals surface area contributed by atoms with Gasteiger partial charge in [0, 0.05) is 74.9 Å². The smallest absolute Gasteiger partial charge is 0.410 e. The fourth-order valence-corrected chi connectivity index (χ4v) is 8.49. The van der Waals surface area contributed by atoms with Crippen LogP contribution in [-0.2, 0) is 23.6 Å². The van der Waals surface area contributed by atoms with Gasteiger partial charge in [-0.15, -0.1) is 0 Å². The van der Waals surface area contributed by atoms with Gasteiger partial charge in [0.2, 0.25) is 0 Å². The summed E-state index contributed by atoms with van der Waals surface area (Å²) in [5, 5.41) is 8.51. The van der Waals surface area contributed by atoms with Gasteiger partial charge in [-0.2, -0.15) is 10.2 Å². The van der Waals surface area contributed by atoms with E-state index in [-0.39, 0.29) is 31.7 Å². The normalized spacial score (nSPS) is 11.9. The minimum Gasteiger partial charge on any atom is -0.497 e. The average Bonchev–Trinajstić information content (AvgIpc) is 4.16. The van der Waals surface area contributed by atoms with Crippen LogP contribution in [0.4, 0.5) is 9.59 Å². The Kier molecular flexibility index (Phi) is 20.0. The number of aromatic nitrogens is 8. The van der Waals surface area contributed by atoms with Gasteiger partial charge in [-0.25, -0.2) is 19.6 Å². The number of hydrogen-bond acceptors (Lipinski definition) is 14. The first-order chi connectivity index (χ1) is 37.9. The molecule has 2 amide bonds. The summed E-state index contributed by atoms with van der Waals surface area (Å²) in [5.41, 5.74) is 10.4. The summed E-state index contributed by atoms with van der Waals surface area (Å²) in [6.45, 7) is 19.7. The van der Waals surface area contributed by atoms with E-state index >= 15 is 0 Å². The number of carbonyl (C=O) groups excluding carboxylic acids is 2. The number of amides is 2. The Hall–Kier alpha value is -8.80. The zero-order valence-corrected chi connectivity index (χ0v) is 48.9. The summed E-state index contributed by atoms with van der Waals surface area (Å²) in [6, 6.07) is 23.2. The van der Waals surface area contributed by atoms with Crippen molar-refractivity contribution < 1.29 is 38.0 Å². The van der Waals surface area contributed by atoms with Crippen molar-refractivity contribution in [3.63, 3.8) is 0 Å². The number of carbonyl (C=O) groups is 2. The summed E-state index contributed by atoms with van der Waals surface area (Å²) in [4.78, 5) is 48.5. The number of methoxy groups -OCH3 is 4. The van der Waals surface area contributed by atoms with Crippen molar-refractivity contribution in [1.29, 1.82) is 0 Å². The molecule has 0 bridgehead atoms. The van der Waals surface area contributed by atoms with Gasteiger partial charge in [-0.3, -0.25) is 19.3 Å². The van der Waals surface area contributed by atoms with Crippen LogP contribution in [0, 0.1) is 0 Å². The van der Waals surface area contributed by atoms with Crippen LogP contribution in [0.5, 0.6) is 23.0 Å². The van der Waals surface area contributed by atoms with E-state index in [1.54, 1.807) is 72.4 Å². The number of ether oxygens (including phenoxy) is 6. The molecule has 4 aromatic carbocycles. The van der Waals surface area contributed by atoms with E-state index in [0.717, 1.165) is 78.0 Å². The molecule has 0 spiro atoms. The first kappa shape index (κ1) is 61.4. The molecule has 0 aliphatic rings. The summed E-state index contributed by atoms with van der Waals surface area (Å²) in [5.74, 6) is 2.64. The lowest BCUT2D eigenvalue weighted by molar-refractivity contribution is 0.0206. The number of fused-ring (bicyclic) bond motifs is 2. The first-order valence-electron chi connectivity index (χ1n) is 26.3. The molecule has 0 atom stereocenters. The molecule has 4 heterocycles. The second kappa shape index (κ2) is 26.4. The van der Waals surface area contributed by atoms with E-state index in [4.69, 9.17) is 38.4 Å². The molecule has 428 valence electrons. The lowest BCUT2D eigenvalue weighted by atomic mass is 9.96. The van der Waals surface area contributed by atoms with Crippen molar-refractivity contribution in [3.8, 4) is 45.5 Å². The van der Waals surface area contributed by atoms with Crippen molar-refractivity contribution in [2.24, 2.45) is 14.1 Å². The Bertz CT molecular complexity index is 3260. The van der Waals surface area contributed by atoms with Crippen molar-refractivity contribution in [2.75, 3.05) is 41.5 Å². The predicted molar refractivity (Wildman–Crippen MR) is 320 cm³/mol. The van der Waals surface area contributed by atoms with Gasteiger partial charge in [0.15, 0.2) is 0 Å². The number of aryl methyl sites for hydroxylation is 2. The highest BCUT2D eigenvalue weighted by Crippen LogP contribution is 2.35. The van der Waals surface area contributed by atoms with Crippen LogP contribution in [0.25, 0.3) is 55.7 Å². The fraction of sp³-hybridized carbons (Fsp3) is 0.365. The van der Waals surface area contributed by atoms with Crippen molar-refractivity contribution in [3.05, 3.63) is 144 Å². The van der Waals surface area contributed by atoms with E-state index in [0.29, 0.717) is 36.1 Å². The lowest BCUT2D eigenvalue weighted by Crippen LogP contribution is -2.41. The Morgan fingerprint density at radius 3 is 1.14 bits per heavy atom. The molecule has 0 unspecified atom stereocenters. The number of benzene rings is 4. The van der Waals surface area contributed by atoms with Crippen molar-refractivity contribution in [1.82, 2.24) is 49.3 Å². The summed E-state index contributed by atoms with van der Waals surface area (Å²) >= 11 is 0. The maximum atomic E-state index is 13.0. The monoisotopic (exact) mass is 1100 g/mol.